The van der Waals surface area contributed by atoms with E-state index in [9.17, 15) is 10.1 Å². The summed E-state index contributed by atoms with van der Waals surface area (Å²) in [6.45, 7) is 0. The minimum Gasteiger partial charge on any atom is -0.338 e. The number of nitrogens with one attached hydrogen (secondary N) is 1. The van der Waals surface area contributed by atoms with Crippen molar-refractivity contribution in [2.24, 2.45) is 0 Å². The molecule has 0 spiro atoms. The Morgan fingerprint density at radius 3 is 2.34 bits per heavy atom. The number of aromatic nitrogens is 4. The van der Waals surface area contributed by atoms with Crippen molar-refractivity contribution in [1.82, 2.24) is 19.7 Å². The van der Waals surface area contributed by atoms with E-state index in [1.165, 1.54) is 12.1 Å². The van der Waals surface area contributed by atoms with E-state index >= 15 is 0 Å². The second-order valence-corrected chi connectivity index (χ2v) is 6.56. The Balaban J connectivity index is 1.71. The first-order valence-corrected chi connectivity index (χ1v) is 9.04. The van der Waals surface area contributed by atoms with Crippen LogP contribution in [0.1, 0.15) is 0 Å². The monoisotopic (exact) mass is 381 g/mol. The van der Waals surface area contributed by atoms with Crippen LogP contribution in [-0.4, -0.2) is 24.7 Å². The lowest BCUT2D eigenvalue weighted by atomic mass is 10.1. The molecule has 0 aliphatic carbocycles. The van der Waals surface area contributed by atoms with Crippen LogP contribution in [0.3, 0.4) is 0 Å². The van der Waals surface area contributed by atoms with Crippen LogP contribution in [0.15, 0.2) is 85.1 Å². The van der Waals surface area contributed by atoms with E-state index in [2.05, 4.69) is 10.1 Å². The molecule has 7 heteroatoms. The molecule has 0 unspecified atom stereocenters. The zero-order valence-corrected chi connectivity index (χ0v) is 15.2. The van der Waals surface area contributed by atoms with Crippen LogP contribution < -0.4 is 0 Å². The number of benzene rings is 3. The Bertz CT molecular complexity index is 1290. The van der Waals surface area contributed by atoms with E-state index in [-0.39, 0.29) is 5.69 Å². The van der Waals surface area contributed by atoms with Crippen molar-refractivity contribution in [2.45, 2.75) is 0 Å². The predicted octanol–water partition coefficient (Wildman–Crippen LogP) is 4.99. The number of non-ortho nitro benzene ring substituents is 1. The van der Waals surface area contributed by atoms with Gasteiger partial charge in [-0.2, -0.15) is 5.10 Å². The second kappa shape index (κ2) is 6.72. The quantitative estimate of drug-likeness (QED) is 0.351. The summed E-state index contributed by atoms with van der Waals surface area (Å²) in [5.41, 5.74) is 5.29. The van der Waals surface area contributed by atoms with E-state index < -0.39 is 4.92 Å². The van der Waals surface area contributed by atoms with Gasteiger partial charge < -0.3 is 4.98 Å². The number of nitro groups is 1. The van der Waals surface area contributed by atoms with Crippen LogP contribution in [0.25, 0.3) is 39.4 Å². The fourth-order valence-electron chi connectivity index (χ4n) is 3.39. The molecule has 2 aromatic heterocycles. The number of aromatic amines is 1. The van der Waals surface area contributed by atoms with E-state index in [1.807, 2.05) is 54.6 Å². The number of fused-ring (bicyclic) bond motifs is 1. The maximum Gasteiger partial charge on any atom is 0.269 e. The number of H-pyrrole nitrogens is 1. The molecule has 0 saturated heterocycles. The van der Waals surface area contributed by atoms with Crippen LogP contribution in [0.5, 0.6) is 0 Å². The van der Waals surface area contributed by atoms with Crippen molar-refractivity contribution in [3.05, 3.63) is 95.2 Å². The van der Waals surface area contributed by atoms with E-state index in [0.29, 0.717) is 0 Å². The average Bonchev–Trinajstić information content (AvgIpc) is 3.38. The third kappa shape index (κ3) is 2.94. The van der Waals surface area contributed by atoms with Crippen LogP contribution >= 0.6 is 0 Å². The van der Waals surface area contributed by atoms with Gasteiger partial charge in [0.2, 0.25) is 0 Å². The lowest BCUT2D eigenvalue weighted by molar-refractivity contribution is -0.384. The molecule has 7 nitrogen and oxygen atoms in total. The second-order valence-electron chi connectivity index (χ2n) is 6.56. The summed E-state index contributed by atoms with van der Waals surface area (Å²) >= 11 is 0. The smallest absolute Gasteiger partial charge is 0.269 e. The van der Waals surface area contributed by atoms with Gasteiger partial charge in [0, 0.05) is 17.7 Å². The van der Waals surface area contributed by atoms with Crippen LogP contribution in [0, 0.1) is 10.1 Å². The van der Waals surface area contributed by atoms with Gasteiger partial charge in [-0.05, 0) is 24.3 Å². The molecule has 140 valence electrons. The molecule has 0 atom stereocenters. The summed E-state index contributed by atoms with van der Waals surface area (Å²) in [4.78, 5) is 18.6. The van der Waals surface area contributed by atoms with E-state index in [0.717, 1.165) is 39.4 Å². The summed E-state index contributed by atoms with van der Waals surface area (Å²) in [6, 6.07) is 24.1. The van der Waals surface area contributed by atoms with Gasteiger partial charge in [-0.15, -0.1) is 0 Å². The molecule has 0 aliphatic rings. The highest BCUT2D eigenvalue weighted by Gasteiger charge is 2.19. The molecule has 3 aromatic carbocycles. The standard InChI is InChI=1S/C22H15N5O2/c28-27(29)17-12-10-16(11-13-17)26-21(15-6-2-1-3-7-15)18(14-23-26)22-24-19-8-4-5-9-20(19)25-22/h1-14H,(H,24,25). The Kier molecular flexibility index (Phi) is 3.91. The van der Waals surface area contributed by atoms with Gasteiger partial charge in [0.25, 0.3) is 5.69 Å². The van der Waals surface area contributed by atoms with Gasteiger partial charge in [0.15, 0.2) is 0 Å². The Morgan fingerprint density at radius 1 is 0.897 bits per heavy atom. The summed E-state index contributed by atoms with van der Waals surface area (Å²) in [5.74, 6) is 0.721. The predicted molar refractivity (Wildman–Crippen MR) is 111 cm³/mol. The van der Waals surface area contributed by atoms with Gasteiger partial charge in [0.05, 0.1) is 39.1 Å². The summed E-state index contributed by atoms with van der Waals surface area (Å²) in [5, 5.41) is 15.6. The Labute approximate surface area is 165 Å². The first-order valence-electron chi connectivity index (χ1n) is 9.04. The normalized spacial score (nSPS) is 11.0. The fourth-order valence-corrected chi connectivity index (χ4v) is 3.39. The van der Waals surface area contributed by atoms with Gasteiger partial charge in [-0.1, -0.05) is 42.5 Å². The van der Waals surface area contributed by atoms with Gasteiger partial charge in [-0.3, -0.25) is 10.1 Å². The molecule has 5 rings (SSSR count). The molecule has 2 heterocycles. The van der Waals surface area contributed by atoms with Gasteiger partial charge in [0.1, 0.15) is 5.82 Å². The van der Waals surface area contributed by atoms with Gasteiger partial charge >= 0.3 is 0 Å². The third-order valence-electron chi connectivity index (χ3n) is 4.77. The maximum atomic E-state index is 11.0. The number of nitro benzene ring substituents is 1. The van der Waals surface area contributed by atoms with Crippen molar-refractivity contribution < 1.29 is 4.92 Å². The van der Waals surface area contributed by atoms with Crippen molar-refractivity contribution >= 4 is 16.7 Å². The van der Waals surface area contributed by atoms with Gasteiger partial charge in [-0.25, -0.2) is 9.67 Å². The number of imidazole rings is 1. The minimum atomic E-state index is -0.412. The fraction of sp³-hybridized carbons (Fsp3) is 0. The number of rotatable bonds is 4. The summed E-state index contributed by atoms with van der Waals surface area (Å²) < 4.78 is 1.78. The van der Waals surface area contributed by atoms with Crippen LogP contribution in [0.4, 0.5) is 5.69 Å². The van der Waals surface area contributed by atoms with E-state index in [1.54, 1.807) is 23.0 Å². The zero-order valence-electron chi connectivity index (χ0n) is 15.2. The first-order chi connectivity index (χ1) is 14.2. The maximum absolute atomic E-state index is 11.0. The van der Waals surface area contributed by atoms with Crippen molar-refractivity contribution in [1.29, 1.82) is 0 Å². The zero-order chi connectivity index (χ0) is 19.8. The highest BCUT2D eigenvalue weighted by Crippen LogP contribution is 2.33. The lowest BCUT2D eigenvalue weighted by Crippen LogP contribution is -2.00. The number of nitrogens with zero attached hydrogens (tertiary/aromatic N) is 4. The molecule has 0 saturated carbocycles. The third-order valence-corrected chi connectivity index (χ3v) is 4.77. The number of para-hydroxylation sites is 2. The molecule has 0 radical (unpaired) electrons. The molecule has 29 heavy (non-hydrogen) atoms. The highest BCUT2D eigenvalue weighted by atomic mass is 16.6. The minimum absolute atomic E-state index is 0.0414. The molecular formula is C22H15N5O2. The van der Waals surface area contributed by atoms with Crippen molar-refractivity contribution in [3.63, 3.8) is 0 Å². The molecule has 1 N–H and O–H groups in total. The molecule has 0 fully saturated rings. The summed E-state index contributed by atoms with van der Waals surface area (Å²) in [7, 11) is 0. The number of hydrogen-bond acceptors (Lipinski definition) is 4. The molecule has 0 amide bonds. The van der Waals surface area contributed by atoms with Crippen LogP contribution in [-0.2, 0) is 0 Å². The first kappa shape index (κ1) is 16.9. The Hall–Kier alpha value is -4.26. The topological polar surface area (TPSA) is 89.6 Å². The highest BCUT2D eigenvalue weighted by molar-refractivity contribution is 5.84. The Morgan fingerprint density at radius 2 is 1.62 bits per heavy atom. The molecule has 0 aliphatic heterocycles. The molecular weight excluding hydrogens is 366 g/mol. The molecule has 0 bridgehead atoms. The van der Waals surface area contributed by atoms with Crippen molar-refractivity contribution in [2.75, 3.05) is 0 Å². The summed E-state index contributed by atoms with van der Waals surface area (Å²) in [6.07, 6.45) is 1.77. The average molecular weight is 381 g/mol. The molecule has 5 aromatic rings. The van der Waals surface area contributed by atoms with Crippen LogP contribution in [0.2, 0.25) is 0 Å². The SMILES string of the molecule is O=[N+]([O-])c1ccc(-n2ncc(-c3nc4ccccc4[nH]3)c2-c2ccccc2)cc1. The lowest BCUT2D eigenvalue weighted by Gasteiger charge is -2.09. The van der Waals surface area contributed by atoms with Crippen molar-refractivity contribution in [3.8, 4) is 28.3 Å². The van der Waals surface area contributed by atoms with E-state index in [4.69, 9.17) is 4.98 Å². The number of hydrogen-bond donors (Lipinski definition) is 1. The largest absolute Gasteiger partial charge is 0.338 e.